The van der Waals surface area contributed by atoms with E-state index in [-0.39, 0.29) is 18.7 Å². The predicted molar refractivity (Wildman–Crippen MR) is 113 cm³/mol. The first kappa shape index (κ1) is 26.7. The molecule has 1 saturated heterocycles. The summed E-state index contributed by atoms with van der Waals surface area (Å²) < 4.78 is 0. The lowest BCUT2D eigenvalue weighted by atomic mass is 10.1. The molecule has 0 aromatic carbocycles. The van der Waals surface area contributed by atoms with Crippen molar-refractivity contribution in [2.75, 3.05) is 18.8 Å². The van der Waals surface area contributed by atoms with Crippen LogP contribution in [0.15, 0.2) is 0 Å². The fourth-order valence-corrected chi connectivity index (χ4v) is 3.51. The SMILES string of the molecule is NCCCCC(NC(=O)C1CCCN1C(=O)C(CS)NC(=O)C(N)CC(=O)O)C(=O)O. The molecule has 0 radical (unpaired) electrons. The second-order valence-corrected chi connectivity index (χ2v) is 7.69. The van der Waals surface area contributed by atoms with Gasteiger partial charge in [0.05, 0.1) is 12.5 Å². The minimum absolute atomic E-state index is 0.0912. The van der Waals surface area contributed by atoms with E-state index in [4.69, 9.17) is 16.6 Å². The Morgan fingerprint density at radius 2 is 1.77 bits per heavy atom. The number of nitrogens with one attached hydrogen (secondary N) is 2. The van der Waals surface area contributed by atoms with Gasteiger partial charge < -0.3 is 37.2 Å². The number of aliphatic carboxylic acids is 2. The number of hydrogen-bond donors (Lipinski definition) is 7. The molecule has 1 fully saturated rings. The Kier molecular flexibility index (Phi) is 11.3. The first-order valence-electron chi connectivity index (χ1n) is 10.0. The van der Waals surface area contributed by atoms with Crippen LogP contribution in [0.4, 0.5) is 0 Å². The third-order valence-electron chi connectivity index (χ3n) is 4.93. The van der Waals surface area contributed by atoms with E-state index in [1.165, 1.54) is 4.90 Å². The quantitative estimate of drug-likeness (QED) is 0.118. The number of likely N-dealkylation sites (tertiary alicyclic amines) is 1. The van der Waals surface area contributed by atoms with Crippen LogP contribution in [0.3, 0.4) is 0 Å². The van der Waals surface area contributed by atoms with Gasteiger partial charge in [-0.05, 0) is 38.6 Å². The maximum Gasteiger partial charge on any atom is 0.326 e. The molecular weight excluding hydrogens is 430 g/mol. The molecule has 0 aromatic heterocycles. The minimum Gasteiger partial charge on any atom is -0.481 e. The summed E-state index contributed by atoms with van der Waals surface area (Å²) >= 11 is 4.06. The van der Waals surface area contributed by atoms with E-state index < -0.39 is 60.2 Å². The number of hydrogen-bond acceptors (Lipinski definition) is 8. The normalized spacial score (nSPS) is 18.7. The van der Waals surface area contributed by atoms with Crippen LogP contribution in [-0.2, 0) is 24.0 Å². The lowest BCUT2D eigenvalue weighted by Crippen LogP contribution is -2.57. The fraction of sp³-hybridized carbons (Fsp3) is 0.722. The molecule has 0 saturated carbocycles. The largest absolute Gasteiger partial charge is 0.481 e. The van der Waals surface area contributed by atoms with Gasteiger partial charge in [0.1, 0.15) is 18.1 Å². The van der Waals surface area contributed by atoms with E-state index in [1.54, 1.807) is 0 Å². The van der Waals surface area contributed by atoms with Crippen molar-refractivity contribution in [2.24, 2.45) is 11.5 Å². The van der Waals surface area contributed by atoms with E-state index in [0.717, 1.165) is 0 Å². The molecule has 4 atom stereocenters. The molecule has 12 nitrogen and oxygen atoms in total. The van der Waals surface area contributed by atoms with Crippen LogP contribution < -0.4 is 22.1 Å². The highest BCUT2D eigenvalue weighted by molar-refractivity contribution is 7.80. The Morgan fingerprint density at radius 1 is 1.10 bits per heavy atom. The number of nitrogens with zero attached hydrogens (tertiary/aromatic N) is 1. The van der Waals surface area contributed by atoms with Crippen molar-refractivity contribution in [3.63, 3.8) is 0 Å². The Morgan fingerprint density at radius 3 is 2.32 bits per heavy atom. The summed E-state index contributed by atoms with van der Waals surface area (Å²) in [6, 6.07) is -4.42. The van der Waals surface area contributed by atoms with Gasteiger partial charge in [-0.2, -0.15) is 12.6 Å². The molecule has 13 heteroatoms. The van der Waals surface area contributed by atoms with Crippen LogP contribution in [0.2, 0.25) is 0 Å². The average molecular weight is 462 g/mol. The topological polar surface area (TPSA) is 205 Å². The molecule has 1 aliphatic heterocycles. The molecule has 1 aliphatic rings. The number of rotatable bonds is 13. The van der Waals surface area contributed by atoms with Gasteiger partial charge in [0.15, 0.2) is 0 Å². The van der Waals surface area contributed by atoms with Crippen molar-refractivity contribution < 1.29 is 34.2 Å². The van der Waals surface area contributed by atoms with Gasteiger partial charge in [0.25, 0.3) is 0 Å². The Labute approximate surface area is 185 Å². The molecule has 4 unspecified atom stereocenters. The van der Waals surface area contributed by atoms with Crippen LogP contribution in [0.1, 0.15) is 38.5 Å². The first-order chi connectivity index (χ1) is 14.6. The van der Waals surface area contributed by atoms with Gasteiger partial charge in [-0.15, -0.1) is 0 Å². The van der Waals surface area contributed by atoms with E-state index in [1.807, 2.05) is 0 Å². The average Bonchev–Trinajstić information content (AvgIpc) is 3.19. The molecule has 0 spiro atoms. The molecule has 0 aromatic rings. The Hall–Kier alpha value is -2.38. The van der Waals surface area contributed by atoms with Gasteiger partial charge in [0.2, 0.25) is 17.7 Å². The zero-order valence-electron chi connectivity index (χ0n) is 17.2. The highest BCUT2D eigenvalue weighted by Crippen LogP contribution is 2.19. The van der Waals surface area contributed by atoms with Crippen LogP contribution in [0, 0.1) is 0 Å². The summed E-state index contributed by atoms with van der Waals surface area (Å²) in [5.74, 6) is -4.50. The summed E-state index contributed by atoms with van der Waals surface area (Å²) in [5.41, 5.74) is 10.9. The second kappa shape index (κ2) is 13.1. The van der Waals surface area contributed by atoms with Gasteiger partial charge >= 0.3 is 11.9 Å². The standard InChI is InChI=1S/C18H31N5O7S/c19-6-2-1-4-11(18(29)30)21-16(27)13-5-3-7-23(13)17(28)12(9-31)22-15(26)10(20)8-14(24)25/h10-13,31H,1-9,19-20H2,(H,21,27)(H,22,26)(H,24,25)(H,29,30). The number of carbonyl (C=O) groups excluding carboxylic acids is 3. The number of carboxylic acid groups (broad SMARTS) is 2. The number of thiol groups is 1. The molecule has 1 heterocycles. The lowest BCUT2D eigenvalue weighted by Gasteiger charge is -2.29. The smallest absolute Gasteiger partial charge is 0.326 e. The van der Waals surface area contributed by atoms with Crippen molar-refractivity contribution in [3.05, 3.63) is 0 Å². The molecule has 31 heavy (non-hydrogen) atoms. The van der Waals surface area contributed by atoms with Crippen molar-refractivity contribution in [3.8, 4) is 0 Å². The number of amides is 3. The van der Waals surface area contributed by atoms with Crippen LogP contribution in [-0.4, -0.2) is 87.8 Å². The zero-order chi connectivity index (χ0) is 23.6. The van der Waals surface area contributed by atoms with E-state index in [9.17, 15) is 29.1 Å². The molecule has 176 valence electrons. The highest BCUT2D eigenvalue weighted by atomic mass is 32.1. The van der Waals surface area contributed by atoms with Crippen molar-refractivity contribution >= 4 is 42.3 Å². The first-order valence-corrected chi connectivity index (χ1v) is 10.7. The van der Waals surface area contributed by atoms with E-state index in [2.05, 4.69) is 23.3 Å². The summed E-state index contributed by atoms with van der Waals surface area (Å²) in [7, 11) is 0. The van der Waals surface area contributed by atoms with Gasteiger partial charge in [-0.3, -0.25) is 19.2 Å². The summed E-state index contributed by atoms with van der Waals surface area (Å²) in [6.07, 6.45) is 1.65. The minimum atomic E-state index is -1.34. The molecular formula is C18H31N5O7S. The number of nitrogens with two attached hydrogens (primary N) is 2. The van der Waals surface area contributed by atoms with Crippen molar-refractivity contribution in [1.29, 1.82) is 0 Å². The van der Waals surface area contributed by atoms with Crippen LogP contribution >= 0.6 is 12.6 Å². The van der Waals surface area contributed by atoms with Crippen molar-refractivity contribution in [1.82, 2.24) is 15.5 Å². The monoisotopic (exact) mass is 461 g/mol. The molecule has 1 rings (SSSR count). The Bertz CT molecular complexity index is 678. The third-order valence-corrected chi connectivity index (χ3v) is 5.29. The van der Waals surface area contributed by atoms with E-state index in [0.29, 0.717) is 32.2 Å². The third kappa shape index (κ3) is 8.34. The summed E-state index contributed by atoms with van der Waals surface area (Å²) in [5, 5.41) is 22.9. The molecule has 0 bridgehead atoms. The van der Waals surface area contributed by atoms with E-state index >= 15 is 0 Å². The lowest BCUT2D eigenvalue weighted by molar-refractivity contribution is -0.145. The number of unbranched alkanes of at least 4 members (excludes halogenated alkanes) is 1. The van der Waals surface area contributed by atoms with Gasteiger partial charge in [-0.25, -0.2) is 4.79 Å². The van der Waals surface area contributed by atoms with Crippen molar-refractivity contribution in [2.45, 2.75) is 62.7 Å². The Balaban J connectivity index is 2.79. The molecule has 0 aliphatic carbocycles. The molecule has 3 amide bonds. The highest BCUT2D eigenvalue weighted by Gasteiger charge is 2.38. The van der Waals surface area contributed by atoms with Crippen LogP contribution in [0.25, 0.3) is 0 Å². The van der Waals surface area contributed by atoms with Gasteiger partial charge in [0, 0.05) is 12.3 Å². The van der Waals surface area contributed by atoms with Gasteiger partial charge in [-0.1, -0.05) is 0 Å². The van der Waals surface area contributed by atoms with Crippen LogP contribution in [0.5, 0.6) is 0 Å². The summed E-state index contributed by atoms with van der Waals surface area (Å²) in [4.78, 5) is 61.1. The maximum atomic E-state index is 12.9. The number of carbonyl (C=O) groups is 5. The zero-order valence-corrected chi connectivity index (χ0v) is 18.1. The predicted octanol–water partition coefficient (Wildman–Crippen LogP) is -2.11. The fourth-order valence-electron chi connectivity index (χ4n) is 3.27. The number of carboxylic acids is 2. The summed E-state index contributed by atoms with van der Waals surface area (Å²) in [6.45, 7) is 0.668. The molecule has 8 N–H and O–H groups in total. The second-order valence-electron chi connectivity index (χ2n) is 7.32. The maximum absolute atomic E-state index is 12.9.